The zero-order chi connectivity index (χ0) is 13.7. The van der Waals surface area contributed by atoms with Gasteiger partial charge in [-0.25, -0.2) is 0 Å². The van der Waals surface area contributed by atoms with Crippen molar-refractivity contribution < 1.29 is 9.47 Å². The Balaban J connectivity index is 2.05. The minimum absolute atomic E-state index is 0.00864. The highest BCUT2D eigenvalue weighted by Gasteiger charge is 2.22. The van der Waals surface area contributed by atoms with Gasteiger partial charge in [0.1, 0.15) is 13.2 Å². The van der Waals surface area contributed by atoms with Crippen LogP contribution in [0.25, 0.3) is 0 Å². The van der Waals surface area contributed by atoms with Gasteiger partial charge in [-0.1, -0.05) is 19.9 Å². The van der Waals surface area contributed by atoms with Crippen molar-refractivity contribution in [3.8, 4) is 17.6 Å². The Bertz CT molecular complexity index is 478. The van der Waals surface area contributed by atoms with Crippen LogP contribution >= 0.6 is 0 Å². The van der Waals surface area contributed by atoms with Crippen LogP contribution in [0.4, 0.5) is 0 Å². The van der Waals surface area contributed by atoms with Gasteiger partial charge in [-0.3, -0.25) is 0 Å². The highest BCUT2D eigenvalue weighted by Crippen LogP contribution is 2.34. The molecule has 1 aliphatic rings. The zero-order valence-electron chi connectivity index (χ0n) is 11.5. The molecule has 1 N–H and O–H groups in total. The first-order valence-electron chi connectivity index (χ1n) is 6.61. The third-order valence-corrected chi connectivity index (χ3v) is 3.30. The molecule has 19 heavy (non-hydrogen) atoms. The Labute approximate surface area is 114 Å². The second-order valence-corrected chi connectivity index (χ2v) is 5.33. The number of hydrogen-bond acceptors (Lipinski definition) is 4. The number of rotatable bonds is 5. The summed E-state index contributed by atoms with van der Waals surface area (Å²) in [7, 11) is 0. The molecule has 1 aromatic rings. The van der Waals surface area contributed by atoms with E-state index < -0.39 is 0 Å². The second kappa shape index (κ2) is 5.94. The van der Waals surface area contributed by atoms with E-state index >= 15 is 0 Å². The van der Waals surface area contributed by atoms with Crippen molar-refractivity contribution in [2.24, 2.45) is 0 Å². The number of hydrogen-bond donors (Lipinski definition) is 1. The quantitative estimate of drug-likeness (QED) is 0.825. The molecule has 0 unspecified atom stereocenters. The predicted molar refractivity (Wildman–Crippen MR) is 73.6 cm³/mol. The third-order valence-electron chi connectivity index (χ3n) is 3.30. The average molecular weight is 260 g/mol. The van der Waals surface area contributed by atoms with E-state index in [2.05, 4.69) is 37.4 Å². The Morgan fingerprint density at radius 1 is 1.26 bits per heavy atom. The largest absolute Gasteiger partial charge is 0.486 e. The maximum Gasteiger partial charge on any atom is 0.161 e. The van der Waals surface area contributed by atoms with Crippen molar-refractivity contribution in [3.63, 3.8) is 0 Å². The molecule has 0 amide bonds. The minimum Gasteiger partial charge on any atom is -0.486 e. The van der Waals surface area contributed by atoms with E-state index in [4.69, 9.17) is 14.7 Å². The summed E-state index contributed by atoms with van der Waals surface area (Å²) in [5.41, 5.74) is 1.20. The molecule has 4 nitrogen and oxygen atoms in total. The molecule has 1 aliphatic heterocycles. The van der Waals surface area contributed by atoms with Crippen LogP contribution in [0.15, 0.2) is 18.2 Å². The van der Waals surface area contributed by atoms with Crippen LogP contribution in [0.2, 0.25) is 0 Å². The summed E-state index contributed by atoms with van der Waals surface area (Å²) in [4.78, 5) is 0. The molecular formula is C15H20N2O2. The number of nitrogens with one attached hydrogen (secondary N) is 1. The highest BCUT2D eigenvalue weighted by molar-refractivity contribution is 5.45. The molecular weight excluding hydrogens is 240 g/mol. The third kappa shape index (κ3) is 3.39. The van der Waals surface area contributed by atoms with Crippen molar-refractivity contribution in [2.45, 2.75) is 25.7 Å². The van der Waals surface area contributed by atoms with E-state index in [1.54, 1.807) is 0 Å². The molecule has 4 heteroatoms. The molecule has 0 aromatic heterocycles. The molecule has 0 saturated carbocycles. The minimum atomic E-state index is -0.00864. The van der Waals surface area contributed by atoms with Gasteiger partial charge in [0.15, 0.2) is 11.5 Å². The van der Waals surface area contributed by atoms with Gasteiger partial charge in [0, 0.05) is 24.9 Å². The van der Waals surface area contributed by atoms with E-state index in [0.29, 0.717) is 19.6 Å². The lowest BCUT2D eigenvalue weighted by Gasteiger charge is -2.27. The number of nitriles is 1. The van der Waals surface area contributed by atoms with E-state index in [9.17, 15) is 0 Å². The Morgan fingerprint density at radius 2 is 2.00 bits per heavy atom. The topological polar surface area (TPSA) is 54.3 Å². The van der Waals surface area contributed by atoms with Crippen LogP contribution < -0.4 is 14.8 Å². The van der Waals surface area contributed by atoms with E-state index in [-0.39, 0.29) is 5.41 Å². The summed E-state index contributed by atoms with van der Waals surface area (Å²) in [5.74, 6) is 1.65. The van der Waals surface area contributed by atoms with Gasteiger partial charge in [0.25, 0.3) is 0 Å². The molecule has 0 bridgehead atoms. The van der Waals surface area contributed by atoms with Gasteiger partial charge in [0.05, 0.1) is 6.07 Å². The molecule has 0 aliphatic carbocycles. The maximum absolute atomic E-state index is 8.52. The molecule has 0 fully saturated rings. The lowest BCUT2D eigenvalue weighted by atomic mass is 9.84. The van der Waals surface area contributed by atoms with Gasteiger partial charge in [-0.2, -0.15) is 5.26 Å². The molecule has 0 atom stereocenters. The number of fused-ring (bicyclic) bond motifs is 1. The highest BCUT2D eigenvalue weighted by atomic mass is 16.6. The van der Waals surface area contributed by atoms with E-state index in [0.717, 1.165) is 24.6 Å². The Morgan fingerprint density at radius 3 is 2.74 bits per heavy atom. The van der Waals surface area contributed by atoms with Crippen molar-refractivity contribution in [3.05, 3.63) is 23.8 Å². The van der Waals surface area contributed by atoms with Crippen LogP contribution in [-0.4, -0.2) is 26.3 Å². The summed E-state index contributed by atoms with van der Waals surface area (Å²) in [6.07, 6.45) is 0.539. The average Bonchev–Trinajstić information content (AvgIpc) is 2.43. The van der Waals surface area contributed by atoms with Gasteiger partial charge < -0.3 is 14.8 Å². The fourth-order valence-electron chi connectivity index (χ4n) is 2.11. The predicted octanol–water partition coefficient (Wildman–Crippen LogP) is 2.24. The fourth-order valence-corrected chi connectivity index (χ4v) is 2.11. The summed E-state index contributed by atoms with van der Waals surface area (Å²) >= 11 is 0. The molecule has 102 valence electrons. The molecule has 0 saturated heterocycles. The standard InChI is InChI=1S/C15H20N2O2/c1-15(2,11-17-7-3-6-16)12-4-5-13-14(10-12)19-9-8-18-13/h4-5,10,17H,3,7-9,11H2,1-2H3. The molecule has 1 aromatic carbocycles. The lowest BCUT2D eigenvalue weighted by Crippen LogP contribution is -2.33. The van der Waals surface area contributed by atoms with Gasteiger partial charge in [-0.05, 0) is 17.7 Å². The second-order valence-electron chi connectivity index (χ2n) is 5.33. The van der Waals surface area contributed by atoms with Crippen LogP contribution in [-0.2, 0) is 5.41 Å². The van der Waals surface area contributed by atoms with Gasteiger partial charge >= 0.3 is 0 Å². The van der Waals surface area contributed by atoms with Crippen molar-refractivity contribution in [1.29, 1.82) is 5.26 Å². The van der Waals surface area contributed by atoms with Crippen LogP contribution in [0.1, 0.15) is 25.8 Å². The molecule has 2 rings (SSSR count). The smallest absolute Gasteiger partial charge is 0.161 e. The molecule has 0 spiro atoms. The fraction of sp³-hybridized carbons (Fsp3) is 0.533. The summed E-state index contributed by atoms with van der Waals surface area (Å²) < 4.78 is 11.1. The van der Waals surface area contributed by atoms with Crippen LogP contribution in [0, 0.1) is 11.3 Å². The Hall–Kier alpha value is -1.73. The SMILES string of the molecule is CC(C)(CNCCC#N)c1ccc2c(c1)OCCO2. The maximum atomic E-state index is 8.52. The lowest BCUT2D eigenvalue weighted by molar-refractivity contribution is 0.171. The zero-order valence-corrected chi connectivity index (χ0v) is 11.5. The molecule has 1 heterocycles. The first-order chi connectivity index (χ1) is 9.13. The van der Waals surface area contributed by atoms with Gasteiger partial charge in [0.2, 0.25) is 0 Å². The number of nitrogens with zero attached hydrogens (tertiary/aromatic N) is 1. The summed E-state index contributed by atoms with van der Waals surface area (Å²) in [6, 6.07) is 8.25. The monoisotopic (exact) mass is 260 g/mol. The van der Waals surface area contributed by atoms with Crippen molar-refractivity contribution in [1.82, 2.24) is 5.32 Å². The number of ether oxygens (including phenoxy) is 2. The molecule has 0 radical (unpaired) electrons. The summed E-state index contributed by atoms with van der Waals surface area (Å²) in [5, 5.41) is 11.8. The normalized spacial score (nSPS) is 13.9. The van der Waals surface area contributed by atoms with Crippen LogP contribution in [0.5, 0.6) is 11.5 Å². The Kier molecular flexibility index (Phi) is 4.28. The van der Waals surface area contributed by atoms with Crippen LogP contribution in [0.3, 0.4) is 0 Å². The van der Waals surface area contributed by atoms with E-state index in [1.807, 2.05) is 6.07 Å². The first kappa shape index (κ1) is 13.7. The van der Waals surface area contributed by atoms with Gasteiger partial charge in [-0.15, -0.1) is 0 Å². The van der Waals surface area contributed by atoms with Crippen molar-refractivity contribution in [2.75, 3.05) is 26.3 Å². The number of benzene rings is 1. The van der Waals surface area contributed by atoms with E-state index in [1.165, 1.54) is 5.56 Å². The first-order valence-corrected chi connectivity index (χ1v) is 6.61. The van der Waals surface area contributed by atoms with Crippen molar-refractivity contribution >= 4 is 0 Å². The summed E-state index contributed by atoms with van der Waals surface area (Å²) in [6.45, 7) is 7.14.